The Hall–Kier alpha value is -2.76. The van der Waals surface area contributed by atoms with Crippen LogP contribution in [-0.4, -0.2) is 22.5 Å². The van der Waals surface area contributed by atoms with Crippen LogP contribution >= 0.6 is 0 Å². The van der Waals surface area contributed by atoms with E-state index in [1.54, 1.807) is 0 Å². The quantitative estimate of drug-likeness (QED) is 0.472. The second kappa shape index (κ2) is 9.12. The minimum Gasteiger partial charge on any atom is -0.481 e. The molecule has 1 saturated heterocycles. The van der Waals surface area contributed by atoms with Gasteiger partial charge in [0, 0.05) is 12.6 Å². The van der Waals surface area contributed by atoms with Crippen molar-refractivity contribution < 1.29 is 49.4 Å². The summed E-state index contributed by atoms with van der Waals surface area (Å²) >= 11 is 0. The van der Waals surface area contributed by atoms with Crippen LogP contribution in [0.2, 0.25) is 0 Å². The third-order valence-electron chi connectivity index (χ3n) is 5.80. The van der Waals surface area contributed by atoms with Crippen LogP contribution in [0.4, 0.5) is 39.5 Å². The summed E-state index contributed by atoms with van der Waals surface area (Å²) in [4.78, 5) is 12.8. The summed E-state index contributed by atoms with van der Waals surface area (Å²) < 4.78 is 119. The molecular formula is C22H18F9NO2. The standard InChI is InChI=1S/C22H18F9NO2/c23-20(24,25)15-3-1-12(2-4-15)18-10-13(19(33)34)7-8-32(18)11-14-9-16(21(26,27)28)5-6-17(14)22(29,30)31/h1-6,9,13,18H,7-8,10-11H2,(H,33,34). The lowest BCUT2D eigenvalue weighted by molar-refractivity contribution is -0.144. The number of hydrogen-bond donors (Lipinski definition) is 1. The van der Waals surface area contributed by atoms with Gasteiger partial charge >= 0.3 is 24.5 Å². The summed E-state index contributed by atoms with van der Waals surface area (Å²) in [6.45, 7) is -0.674. The highest BCUT2D eigenvalue weighted by Crippen LogP contribution is 2.41. The molecule has 1 heterocycles. The van der Waals surface area contributed by atoms with E-state index in [4.69, 9.17) is 0 Å². The van der Waals surface area contributed by atoms with Crippen molar-refractivity contribution in [3.63, 3.8) is 0 Å². The van der Waals surface area contributed by atoms with Gasteiger partial charge in [-0.2, -0.15) is 39.5 Å². The van der Waals surface area contributed by atoms with Crippen molar-refractivity contribution in [2.24, 2.45) is 5.92 Å². The summed E-state index contributed by atoms with van der Waals surface area (Å²) in [5.41, 5.74) is -3.95. The normalized spacial score (nSPS) is 20.4. The van der Waals surface area contributed by atoms with Crippen LogP contribution in [0.25, 0.3) is 0 Å². The largest absolute Gasteiger partial charge is 0.481 e. The van der Waals surface area contributed by atoms with Crippen LogP contribution < -0.4 is 0 Å². The molecule has 0 saturated carbocycles. The summed E-state index contributed by atoms with van der Waals surface area (Å²) in [6, 6.07) is 3.89. The SMILES string of the molecule is O=C(O)C1CCN(Cc2cc(C(F)(F)F)ccc2C(F)(F)F)C(c2ccc(C(F)(F)F)cc2)C1. The Bertz CT molecular complexity index is 1030. The molecular weight excluding hydrogens is 481 g/mol. The van der Waals surface area contributed by atoms with E-state index in [9.17, 15) is 49.4 Å². The van der Waals surface area contributed by atoms with Crippen LogP contribution in [0.3, 0.4) is 0 Å². The van der Waals surface area contributed by atoms with Gasteiger partial charge < -0.3 is 5.11 Å². The average molecular weight is 499 g/mol. The Labute approximate surface area is 187 Å². The molecule has 2 aromatic carbocycles. The van der Waals surface area contributed by atoms with Gasteiger partial charge in [-0.25, -0.2) is 0 Å². The molecule has 1 aliphatic rings. The number of benzene rings is 2. The summed E-state index contributed by atoms with van der Waals surface area (Å²) in [7, 11) is 0. The van der Waals surface area contributed by atoms with Crippen LogP contribution in [0, 0.1) is 5.92 Å². The number of alkyl halides is 9. The Morgan fingerprint density at radius 2 is 1.41 bits per heavy atom. The molecule has 3 rings (SSSR count). The fraction of sp³-hybridized carbons (Fsp3) is 0.409. The first-order valence-electron chi connectivity index (χ1n) is 9.98. The molecule has 12 heteroatoms. The van der Waals surface area contributed by atoms with Crippen LogP contribution in [0.1, 0.15) is 46.7 Å². The second-order valence-corrected chi connectivity index (χ2v) is 8.03. The first kappa shape index (κ1) is 25.9. The number of likely N-dealkylation sites (tertiary alicyclic amines) is 1. The van der Waals surface area contributed by atoms with E-state index >= 15 is 0 Å². The number of carboxylic acid groups (broad SMARTS) is 1. The lowest BCUT2D eigenvalue weighted by atomic mass is 9.86. The molecule has 0 bridgehead atoms. The summed E-state index contributed by atoms with van der Waals surface area (Å²) in [5.74, 6) is -2.08. The van der Waals surface area contributed by atoms with Crippen LogP contribution in [0.5, 0.6) is 0 Å². The molecule has 2 unspecified atom stereocenters. The number of hydrogen-bond acceptors (Lipinski definition) is 2. The monoisotopic (exact) mass is 499 g/mol. The smallest absolute Gasteiger partial charge is 0.416 e. The van der Waals surface area contributed by atoms with Crippen molar-refractivity contribution in [2.75, 3.05) is 6.54 Å². The Morgan fingerprint density at radius 3 is 1.91 bits per heavy atom. The average Bonchev–Trinajstić information content (AvgIpc) is 2.72. The summed E-state index contributed by atoms with van der Waals surface area (Å²) in [5, 5.41) is 9.37. The Morgan fingerprint density at radius 1 is 0.853 bits per heavy atom. The van der Waals surface area contributed by atoms with E-state index in [-0.39, 0.29) is 24.9 Å². The van der Waals surface area contributed by atoms with Gasteiger partial charge in [0.05, 0.1) is 22.6 Å². The number of carbonyl (C=O) groups is 1. The van der Waals surface area contributed by atoms with E-state index in [0.29, 0.717) is 18.2 Å². The van der Waals surface area contributed by atoms with Gasteiger partial charge in [-0.3, -0.25) is 9.69 Å². The molecule has 186 valence electrons. The van der Waals surface area contributed by atoms with E-state index in [1.807, 2.05) is 0 Å². The highest BCUT2D eigenvalue weighted by atomic mass is 19.4. The fourth-order valence-electron chi connectivity index (χ4n) is 4.06. The maximum atomic E-state index is 13.5. The van der Waals surface area contributed by atoms with Gasteiger partial charge in [-0.15, -0.1) is 0 Å². The van der Waals surface area contributed by atoms with Crippen molar-refractivity contribution in [3.8, 4) is 0 Å². The molecule has 2 atom stereocenters. The van der Waals surface area contributed by atoms with Gasteiger partial charge in [0.1, 0.15) is 0 Å². The Kier molecular flexibility index (Phi) is 6.94. The maximum Gasteiger partial charge on any atom is 0.416 e. The predicted molar refractivity (Wildman–Crippen MR) is 101 cm³/mol. The fourth-order valence-corrected chi connectivity index (χ4v) is 4.06. The molecule has 0 aliphatic carbocycles. The van der Waals surface area contributed by atoms with Crippen molar-refractivity contribution in [1.82, 2.24) is 4.90 Å². The highest BCUT2D eigenvalue weighted by Gasteiger charge is 2.39. The van der Waals surface area contributed by atoms with Gasteiger partial charge in [0.15, 0.2) is 0 Å². The molecule has 0 spiro atoms. The van der Waals surface area contributed by atoms with E-state index in [2.05, 4.69) is 0 Å². The van der Waals surface area contributed by atoms with Gasteiger partial charge in [-0.1, -0.05) is 12.1 Å². The highest BCUT2D eigenvalue weighted by molar-refractivity contribution is 5.70. The molecule has 34 heavy (non-hydrogen) atoms. The first-order valence-corrected chi connectivity index (χ1v) is 9.98. The predicted octanol–water partition coefficient (Wildman–Crippen LogP) is 6.78. The third kappa shape index (κ3) is 5.83. The van der Waals surface area contributed by atoms with E-state index < -0.39 is 65.3 Å². The van der Waals surface area contributed by atoms with Crippen LogP contribution in [-0.2, 0) is 29.9 Å². The van der Waals surface area contributed by atoms with E-state index in [0.717, 1.165) is 24.3 Å². The van der Waals surface area contributed by atoms with Crippen molar-refractivity contribution in [3.05, 3.63) is 70.3 Å². The molecule has 1 aliphatic heterocycles. The number of halogens is 9. The minimum absolute atomic E-state index is 0.0206. The molecule has 1 N–H and O–H groups in total. The van der Waals surface area contributed by atoms with Crippen LogP contribution in [0.15, 0.2) is 42.5 Å². The zero-order valence-corrected chi connectivity index (χ0v) is 17.2. The lowest BCUT2D eigenvalue weighted by Gasteiger charge is -2.39. The zero-order chi connectivity index (χ0) is 25.5. The number of rotatable bonds is 4. The second-order valence-electron chi connectivity index (χ2n) is 8.03. The molecule has 1 fully saturated rings. The number of piperidine rings is 1. The van der Waals surface area contributed by atoms with Gasteiger partial charge in [0.25, 0.3) is 0 Å². The summed E-state index contributed by atoms with van der Waals surface area (Å²) in [6.07, 6.45) is -14.6. The maximum absolute atomic E-state index is 13.5. The topological polar surface area (TPSA) is 40.5 Å². The molecule has 2 aromatic rings. The van der Waals surface area contributed by atoms with Gasteiger partial charge in [-0.05, 0) is 60.8 Å². The lowest BCUT2D eigenvalue weighted by Crippen LogP contribution is -2.39. The number of carboxylic acids is 1. The molecule has 3 nitrogen and oxygen atoms in total. The minimum atomic E-state index is -4.94. The third-order valence-corrected chi connectivity index (χ3v) is 5.80. The van der Waals surface area contributed by atoms with Crippen molar-refractivity contribution >= 4 is 5.97 Å². The Balaban J connectivity index is 2.00. The molecule has 0 radical (unpaired) electrons. The first-order chi connectivity index (χ1) is 15.6. The molecule has 0 aromatic heterocycles. The van der Waals surface area contributed by atoms with Gasteiger partial charge in [0.2, 0.25) is 0 Å². The van der Waals surface area contributed by atoms with Crippen molar-refractivity contribution in [1.29, 1.82) is 0 Å². The van der Waals surface area contributed by atoms with E-state index in [1.165, 1.54) is 4.90 Å². The number of aliphatic carboxylic acids is 1. The van der Waals surface area contributed by atoms with Crippen molar-refractivity contribution in [2.45, 2.75) is 44.0 Å². The molecule has 0 amide bonds. The number of nitrogens with zero attached hydrogens (tertiary/aromatic N) is 1. The zero-order valence-electron chi connectivity index (χ0n) is 17.2.